The van der Waals surface area contributed by atoms with E-state index in [0.29, 0.717) is 0 Å². The van der Waals surface area contributed by atoms with Crippen molar-refractivity contribution in [1.29, 1.82) is 0 Å². The van der Waals surface area contributed by atoms with E-state index in [4.69, 9.17) is 0 Å². The molecular weight excluding hydrogens is 186 g/mol. The Balaban J connectivity index is 3.11. The molecule has 0 radical (unpaired) electrons. The van der Waals surface area contributed by atoms with Crippen LogP contribution >= 0.6 is 0 Å². The molecule has 1 atom stereocenters. The molecule has 0 saturated carbocycles. The monoisotopic (exact) mass is 207 g/mol. The van der Waals surface area contributed by atoms with Gasteiger partial charge < -0.3 is 10.4 Å². The lowest BCUT2D eigenvalue weighted by molar-refractivity contribution is 0.177. The minimum atomic E-state index is -0.328. The molecule has 0 spiro atoms. The van der Waals surface area contributed by atoms with E-state index in [1.807, 2.05) is 6.92 Å². The Morgan fingerprint density at radius 3 is 2.13 bits per heavy atom. The number of hydrogen-bond donors (Lipinski definition) is 2. The maximum absolute atomic E-state index is 9.49. The summed E-state index contributed by atoms with van der Waals surface area (Å²) >= 11 is 0. The normalized spacial score (nSPS) is 15.0. The first-order valence-electron chi connectivity index (χ1n) is 5.46. The molecule has 84 valence electrons. The predicted molar refractivity (Wildman–Crippen MR) is 64.0 cm³/mol. The molecule has 0 aliphatic carbocycles. The van der Waals surface area contributed by atoms with Crippen LogP contribution in [-0.2, 0) is 5.54 Å². The summed E-state index contributed by atoms with van der Waals surface area (Å²) in [5.74, 6) is 0. The standard InChI is InChI=1S/C13H21NO/c1-5-14-13(4,9-15)12-7-10(2)6-11(3)8-12/h6-8,14-15H,5,9H2,1-4H3. The summed E-state index contributed by atoms with van der Waals surface area (Å²) in [5.41, 5.74) is 3.31. The van der Waals surface area contributed by atoms with E-state index in [1.54, 1.807) is 0 Å². The summed E-state index contributed by atoms with van der Waals surface area (Å²) < 4.78 is 0. The maximum Gasteiger partial charge on any atom is 0.0652 e. The topological polar surface area (TPSA) is 32.3 Å². The van der Waals surface area contributed by atoms with Crippen LogP contribution in [0.4, 0.5) is 0 Å². The molecule has 1 rings (SSSR count). The molecule has 0 bridgehead atoms. The zero-order valence-electron chi connectivity index (χ0n) is 10.1. The van der Waals surface area contributed by atoms with E-state index in [9.17, 15) is 5.11 Å². The van der Waals surface area contributed by atoms with Gasteiger partial charge in [0.25, 0.3) is 0 Å². The third-order valence-corrected chi connectivity index (χ3v) is 2.74. The van der Waals surface area contributed by atoms with E-state index >= 15 is 0 Å². The van der Waals surface area contributed by atoms with Crippen LogP contribution in [0.5, 0.6) is 0 Å². The minimum absolute atomic E-state index is 0.115. The lowest BCUT2D eigenvalue weighted by atomic mass is 9.90. The number of nitrogens with one attached hydrogen (secondary N) is 1. The first kappa shape index (κ1) is 12.2. The second-order valence-electron chi connectivity index (χ2n) is 4.40. The van der Waals surface area contributed by atoms with Crippen LogP contribution in [0.15, 0.2) is 18.2 Å². The Hall–Kier alpha value is -0.860. The van der Waals surface area contributed by atoms with Crippen LogP contribution < -0.4 is 5.32 Å². The van der Waals surface area contributed by atoms with E-state index in [-0.39, 0.29) is 12.1 Å². The number of aliphatic hydroxyl groups is 1. The van der Waals surface area contributed by atoms with Crippen molar-refractivity contribution < 1.29 is 5.11 Å². The van der Waals surface area contributed by atoms with Crippen LogP contribution in [0.1, 0.15) is 30.5 Å². The molecule has 0 aromatic heterocycles. The summed E-state index contributed by atoms with van der Waals surface area (Å²) in [4.78, 5) is 0. The Labute approximate surface area is 92.3 Å². The average Bonchev–Trinajstić information content (AvgIpc) is 2.16. The van der Waals surface area contributed by atoms with Gasteiger partial charge in [-0.3, -0.25) is 0 Å². The molecule has 0 amide bonds. The van der Waals surface area contributed by atoms with Gasteiger partial charge in [0.15, 0.2) is 0 Å². The van der Waals surface area contributed by atoms with E-state index in [2.05, 4.69) is 44.3 Å². The SMILES string of the molecule is CCNC(C)(CO)c1cc(C)cc(C)c1. The van der Waals surface area contributed by atoms with Crippen LogP contribution in [-0.4, -0.2) is 18.3 Å². The molecular formula is C13H21NO. The van der Waals surface area contributed by atoms with Crippen LogP contribution in [0.2, 0.25) is 0 Å². The Bertz CT molecular complexity index is 315. The molecule has 0 aliphatic heterocycles. The summed E-state index contributed by atoms with van der Waals surface area (Å²) in [6, 6.07) is 6.41. The third kappa shape index (κ3) is 2.80. The molecule has 0 aliphatic rings. The first-order valence-corrected chi connectivity index (χ1v) is 5.46. The molecule has 15 heavy (non-hydrogen) atoms. The van der Waals surface area contributed by atoms with Gasteiger partial charge >= 0.3 is 0 Å². The minimum Gasteiger partial charge on any atom is -0.394 e. The summed E-state index contributed by atoms with van der Waals surface area (Å²) in [6.45, 7) is 9.22. The predicted octanol–water partition coefficient (Wildman–Crippen LogP) is 2.12. The fourth-order valence-corrected chi connectivity index (χ4v) is 1.93. The highest BCUT2D eigenvalue weighted by molar-refractivity contribution is 5.33. The van der Waals surface area contributed by atoms with Crippen molar-refractivity contribution in [1.82, 2.24) is 5.32 Å². The van der Waals surface area contributed by atoms with Crippen LogP contribution in [0, 0.1) is 13.8 Å². The zero-order chi connectivity index (χ0) is 11.5. The fourth-order valence-electron chi connectivity index (χ4n) is 1.93. The van der Waals surface area contributed by atoms with Gasteiger partial charge in [0, 0.05) is 0 Å². The maximum atomic E-state index is 9.49. The highest BCUT2D eigenvalue weighted by atomic mass is 16.3. The second kappa shape index (κ2) is 4.77. The molecule has 2 heteroatoms. The molecule has 2 N–H and O–H groups in total. The molecule has 0 heterocycles. The third-order valence-electron chi connectivity index (χ3n) is 2.74. The quantitative estimate of drug-likeness (QED) is 0.792. The molecule has 1 aromatic carbocycles. The number of benzene rings is 1. The Kier molecular flexibility index (Phi) is 3.89. The van der Waals surface area contributed by atoms with Crippen molar-refractivity contribution in [2.24, 2.45) is 0 Å². The lowest BCUT2D eigenvalue weighted by Crippen LogP contribution is -2.42. The second-order valence-corrected chi connectivity index (χ2v) is 4.40. The van der Waals surface area contributed by atoms with Gasteiger partial charge in [-0.25, -0.2) is 0 Å². The van der Waals surface area contributed by atoms with Crippen molar-refractivity contribution in [2.75, 3.05) is 13.2 Å². The van der Waals surface area contributed by atoms with Gasteiger partial charge in [0.05, 0.1) is 12.1 Å². The molecule has 1 aromatic rings. The molecule has 0 saturated heterocycles. The Morgan fingerprint density at radius 2 is 1.73 bits per heavy atom. The van der Waals surface area contributed by atoms with E-state index < -0.39 is 0 Å². The largest absolute Gasteiger partial charge is 0.394 e. The first-order chi connectivity index (χ1) is 7.01. The van der Waals surface area contributed by atoms with Gasteiger partial charge in [-0.15, -0.1) is 0 Å². The highest BCUT2D eigenvalue weighted by Crippen LogP contribution is 2.22. The fraction of sp³-hybridized carbons (Fsp3) is 0.538. The smallest absolute Gasteiger partial charge is 0.0652 e. The number of likely N-dealkylation sites (N-methyl/N-ethyl adjacent to an activating group) is 1. The van der Waals surface area contributed by atoms with Gasteiger partial charge in [0.1, 0.15) is 0 Å². The molecule has 1 unspecified atom stereocenters. The van der Waals surface area contributed by atoms with Crippen molar-refractivity contribution in [3.63, 3.8) is 0 Å². The summed E-state index contributed by atoms with van der Waals surface area (Å²) in [6.07, 6.45) is 0. The number of aryl methyl sites for hydroxylation is 2. The van der Waals surface area contributed by atoms with Gasteiger partial charge in [-0.1, -0.05) is 36.2 Å². The molecule has 0 fully saturated rings. The number of aliphatic hydroxyl groups excluding tert-OH is 1. The van der Waals surface area contributed by atoms with Gasteiger partial charge in [0.2, 0.25) is 0 Å². The highest BCUT2D eigenvalue weighted by Gasteiger charge is 2.24. The average molecular weight is 207 g/mol. The lowest BCUT2D eigenvalue weighted by Gasteiger charge is -2.29. The van der Waals surface area contributed by atoms with Crippen LogP contribution in [0.3, 0.4) is 0 Å². The van der Waals surface area contributed by atoms with Crippen molar-refractivity contribution in [3.8, 4) is 0 Å². The van der Waals surface area contributed by atoms with Gasteiger partial charge in [-0.2, -0.15) is 0 Å². The summed E-state index contributed by atoms with van der Waals surface area (Å²) in [5, 5.41) is 12.8. The number of hydrogen-bond acceptors (Lipinski definition) is 2. The van der Waals surface area contributed by atoms with Crippen molar-refractivity contribution in [3.05, 3.63) is 34.9 Å². The van der Waals surface area contributed by atoms with Crippen molar-refractivity contribution >= 4 is 0 Å². The van der Waals surface area contributed by atoms with E-state index in [0.717, 1.165) is 12.1 Å². The zero-order valence-corrected chi connectivity index (χ0v) is 10.1. The van der Waals surface area contributed by atoms with Gasteiger partial charge in [-0.05, 0) is 32.9 Å². The number of rotatable bonds is 4. The molecule has 2 nitrogen and oxygen atoms in total. The summed E-state index contributed by atoms with van der Waals surface area (Å²) in [7, 11) is 0. The van der Waals surface area contributed by atoms with Crippen LogP contribution in [0.25, 0.3) is 0 Å². The van der Waals surface area contributed by atoms with Crippen molar-refractivity contribution in [2.45, 2.75) is 33.2 Å². The Morgan fingerprint density at radius 1 is 1.20 bits per heavy atom. The van der Waals surface area contributed by atoms with E-state index in [1.165, 1.54) is 11.1 Å².